The number of nitrogen functional groups attached to an aromatic ring is 1. The predicted molar refractivity (Wildman–Crippen MR) is 67.9 cm³/mol. The summed E-state index contributed by atoms with van der Waals surface area (Å²) in [6.07, 6.45) is 5.20. The Bertz CT molecular complexity index is 418. The molecule has 2 atom stereocenters. The molecule has 1 aromatic rings. The van der Waals surface area contributed by atoms with E-state index in [1.165, 1.54) is 6.20 Å². The average molecular weight is 250 g/mol. The molecule has 4 N–H and O–H groups in total. The van der Waals surface area contributed by atoms with Gasteiger partial charge in [-0.2, -0.15) is 0 Å². The van der Waals surface area contributed by atoms with Crippen LogP contribution in [0, 0.1) is 0 Å². The highest BCUT2D eigenvalue weighted by atomic mass is 16.5. The first-order chi connectivity index (χ1) is 8.72. The van der Waals surface area contributed by atoms with Crippen LogP contribution in [0.1, 0.15) is 30.1 Å². The van der Waals surface area contributed by atoms with Crippen molar-refractivity contribution >= 4 is 11.6 Å². The number of amides is 1. The Labute approximate surface area is 106 Å². The minimum Gasteiger partial charge on any atom is -0.376 e. The number of rotatable bonds is 4. The third kappa shape index (κ3) is 2.77. The van der Waals surface area contributed by atoms with Crippen LogP contribution in [0.15, 0.2) is 18.5 Å². The molecule has 6 nitrogen and oxygen atoms in total. The average Bonchev–Trinajstić information content (AvgIpc) is 2.92. The fourth-order valence-electron chi connectivity index (χ4n) is 2.08. The molecule has 98 valence electrons. The van der Waals surface area contributed by atoms with Crippen molar-refractivity contribution in [2.24, 2.45) is 5.84 Å². The van der Waals surface area contributed by atoms with E-state index < -0.39 is 0 Å². The van der Waals surface area contributed by atoms with Gasteiger partial charge >= 0.3 is 0 Å². The first-order valence-corrected chi connectivity index (χ1v) is 6.05. The zero-order valence-corrected chi connectivity index (χ0v) is 10.3. The number of carbonyl (C=O) groups excluding carboxylic acids is 1. The Hall–Kier alpha value is -1.66. The van der Waals surface area contributed by atoms with Gasteiger partial charge in [-0.3, -0.25) is 15.6 Å². The van der Waals surface area contributed by atoms with E-state index in [1.807, 2.05) is 6.92 Å². The fourth-order valence-corrected chi connectivity index (χ4v) is 2.08. The van der Waals surface area contributed by atoms with Gasteiger partial charge in [-0.1, -0.05) is 0 Å². The molecule has 0 radical (unpaired) electrons. The highest BCUT2D eigenvalue weighted by molar-refractivity contribution is 5.99. The number of pyridine rings is 1. The normalized spacial score (nSPS) is 20.4. The maximum Gasteiger partial charge on any atom is 0.255 e. The Balaban J connectivity index is 2.02. The molecule has 1 amide bonds. The molecule has 0 aromatic carbocycles. The first kappa shape index (κ1) is 12.8. The van der Waals surface area contributed by atoms with Crippen LogP contribution in [0.2, 0.25) is 0 Å². The van der Waals surface area contributed by atoms with E-state index >= 15 is 0 Å². The van der Waals surface area contributed by atoms with Crippen LogP contribution in [-0.2, 0) is 4.74 Å². The molecule has 0 bridgehead atoms. The molecule has 2 unspecified atom stereocenters. The molecule has 1 aliphatic rings. The number of hydrogen-bond donors (Lipinski definition) is 3. The zero-order chi connectivity index (χ0) is 13.0. The molecule has 1 aromatic heterocycles. The third-order valence-electron chi connectivity index (χ3n) is 3.10. The summed E-state index contributed by atoms with van der Waals surface area (Å²) in [7, 11) is 0. The van der Waals surface area contributed by atoms with Gasteiger partial charge in [0.05, 0.1) is 23.4 Å². The molecule has 1 aliphatic heterocycles. The van der Waals surface area contributed by atoms with Crippen molar-refractivity contribution in [2.75, 3.05) is 12.0 Å². The van der Waals surface area contributed by atoms with E-state index in [4.69, 9.17) is 10.6 Å². The Morgan fingerprint density at radius 2 is 2.50 bits per heavy atom. The maximum absolute atomic E-state index is 12.1. The Morgan fingerprint density at radius 1 is 1.67 bits per heavy atom. The predicted octanol–water partition coefficient (Wildman–Crippen LogP) is 0.664. The summed E-state index contributed by atoms with van der Waals surface area (Å²) in [5.74, 6) is 5.16. The number of anilines is 1. The second kappa shape index (κ2) is 5.79. The lowest BCUT2D eigenvalue weighted by atomic mass is 10.1. The van der Waals surface area contributed by atoms with Crippen LogP contribution in [0.5, 0.6) is 0 Å². The van der Waals surface area contributed by atoms with Gasteiger partial charge < -0.3 is 15.5 Å². The van der Waals surface area contributed by atoms with Gasteiger partial charge in [0.2, 0.25) is 0 Å². The van der Waals surface area contributed by atoms with Gasteiger partial charge in [0.25, 0.3) is 5.91 Å². The number of nitrogens with zero attached hydrogens (tertiary/aromatic N) is 1. The Morgan fingerprint density at radius 3 is 3.17 bits per heavy atom. The van der Waals surface area contributed by atoms with Gasteiger partial charge in [-0.25, -0.2) is 0 Å². The van der Waals surface area contributed by atoms with Crippen molar-refractivity contribution in [3.63, 3.8) is 0 Å². The van der Waals surface area contributed by atoms with Crippen molar-refractivity contribution in [3.8, 4) is 0 Å². The Kier molecular flexibility index (Phi) is 4.11. The summed E-state index contributed by atoms with van der Waals surface area (Å²) in [6.45, 7) is 2.72. The molecule has 0 spiro atoms. The van der Waals surface area contributed by atoms with Gasteiger partial charge in [0.15, 0.2) is 0 Å². The van der Waals surface area contributed by atoms with Crippen LogP contribution < -0.4 is 16.6 Å². The van der Waals surface area contributed by atoms with E-state index in [1.54, 1.807) is 12.3 Å². The molecular formula is C12H18N4O2. The first-order valence-electron chi connectivity index (χ1n) is 6.05. The number of aromatic nitrogens is 1. The quantitative estimate of drug-likeness (QED) is 0.539. The highest BCUT2D eigenvalue weighted by Gasteiger charge is 2.24. The number of carbonyl (C=O) groups is 1. The lowest BCUT2D eigenvalue weighted by molar-refractivity contribution is 0.0712. The molecule has 0 aliphatic carbocycles. The van der Waals surface area contributed by atoms with Gasteiger partial charge in [-0.15, -0.1) is 0 Å². The van der Waals surface area contributed by atoms with E-state index in [9.17, 15) is 4.79 Å². The minimum absolute atomic E-state index is 0.0224. The van der Waals surface area contributed by atoms with Crippen LogP contribution >= 0.6 is 0 Å². The minimum atomic E-state index is -0.195. The van der Waals surface area contributed by atoms with Crippen molar-refractivity contribution in [1.29, 1.82) is 0 Å². The fraction of sp³-hybridized carbons (Fsp3) is 0.500. The van der Waals surface area contributed by atoms with Crippen molar-refractivity contribution in [3.05, 3.63) is 24.0 Å². The summed E-state index contributed by atoms with van der Waals surface area (Å²) in [4.78, 5) is 16.0. The van der Waals surface area contributed by atoms with Crippen LogP contribution in [-0.4, -0.2) is 29.6 Å². The summed E-state index contributed by atoms with van der Waals surface area (Å²) in [5, 5.41) is 2.91. The highest BCUT2D eigenvalue weighted by Crippen LogP contribution is 2.17. The molecule has 6 heteroatoms. The van der Waals surface area contributed by atoms with Gasteiger partial charge in [0, 0.05) is 19.0 Å². The summed E-state index contributed by atoms with van der Waals surface area (Å²) >= 11 is 0. The number of hydrogen-bond acceptors (Lipinski definition) is 5. The number of nitrogens with one attached hydrogen (secondary N) is 2. The van der Waals surface area contributed by atoms with Crippen molar-refractivity contribution < 1.29 is 9.53 Å². The van der Waals surface area contributed by atoms with Crippen LogP contribution in [0.4, 0.5) is 5.69 Å². The molecule has 2 rings (SSSR count). The largest absolute Gasteiger partial charge is 0.376 e. The maximum atomic E-state index is 12.1. The zero-order valence-electron chi connectivity index (χ0n) is 10.3. The monoisotopic (exact) mass is 250 g/mol. The summed E-state index contributed by atoms with van der Waals surface area (Å²) < 4.78 is 5.54. The standard InChI is InChI=1S/C12H18N4O2/c1-8(11-3-2-6-18-11)15-12(17)9-7-14-5-4-10(9)16-13/h4-5,7-8,11H,2-3,6,13H2,1H3,(H,14,16)(H,15,17). The summed E-state index contributed by atoms with van der Waals surface area (Å²) in [5.41, 5.74) is 3.48. The molecule has 18 heavy (non-hydrogen) atoms. The SMILES string of the molecule is CC(NC(=O)c1cnccc1NN)C1CCCO1. The van der Waals surface area contributed by atoms with E-state index in [0.717, 1.165) is 19.4 Å². The molecule has 1 saturated heterocycles. The molecule has 1 fully saturated rings. The van der Waals surface area contributed by atoms with Gasteiger partial charge in [-0.05, 0) is 25.8 Å². The topological polar surface area (TPSA) is 89.3 Å². The lowest BCUT2D eigenvalue weighted by Gasteiger charge is -2.20. The second-order valence-electron chi connectivity index (χ2n) is 4.38. The lowest BCUT2D eigenvalue weighted by Crippen LogP contribution is -2.41. The van der Waals surface area contributed by atoms with Gasteiger partial charge in [0.1, 0.15) is 0 Å². The van der Waals surface area contributed by atoms with E-state index in [-0.39, 0.29) is 18.1 Å². The van der Waals surface area contributed by atoms with Crippen LogP contribution in [0.25, 0.3) is 0 Å². The van der Waals surface area contributed by atoms with Crippen molar-refractivity contribution in [1.82, 2.24) is 10.3 Å². The number of hydrazine groups is 1. The number of ether oxygens (including phenoxy) is 1. The molecular weight excluding hydrogens is 232 g/mol. The summed E-state index contributed by atoms with van der Waals surface area (Å²) in [6, 6.07) is 1.64. The van der Waals surface area contributed by atoms with Crippen LogP contribution in [0.3, 0.4) is 0 Å². The van der Waals surface area contributed by atoms with Crippen molar-refractivity contribution in [2.45, 2.75) is 31.9 Å². The van der Waals surface area contributed by atoms with E-state index in [2.05, 4.69) is 15.7 Å². The number of nitrogens with two attached hydrogens (primary N) is 1. The molecule has 2 heterocycles. The smallest absolute Gasteiger partial charge is 0.255 e. The van der Waals surface area contributed by atoms with E-state index in [0.29, 0.717) is 11.3 Å². The second-order valence-corrected chi connectivity index (χ2v) is 4.38. The molecule has 0 saturated carbocycles. The third-order valence-corrected chi connectivity index (χ3v) is 3.10.